The van der Waals surface area contributed by atoms with Gasteiger partial charge in [0, 0.05) is 19.9 Å². The molecule has 0 aliphatic rings. The molecule has 100 valence electrons. The lowest BCUT2D eigenvalue weighted by molar-refractivity contribution is 0.0820. The Balaban J connectivity index is 2.84. The average molecular weight is 251 g/mol. The summed E-state index contributed by atoms with van der Waals surface area (Å²) in [6.07, 6.45) is 1.66. The number of amides is 1. The Morgan fingerprint density at radius 3 is 2.83 bits per heavy atom. The highest BCUT2D eigenvalue weighted by molar-refractivity contribution is 5.99. The number of aromatic nitrogens is 1. The first-order valence-corrected chi connectivity index (χ1v) is 6.00. The molecule has 0 aliphatic heterocycles. The van der Waals surface area contributed by atoms with Crippen LogP contribution >= 0.6 is 0 Å². The van der Waals surface area contributed by atoms with E-state index in [9.17, 15) is 4.79 Å². The Kier molecular flexibility index (Phi) is 5.09. The summed E-state index contributed by atoms with van der Waals surface area (Å²) in [5.41, 5.74) is 0.133. The molecule has 0 bridgehead atoms. The van der Waals surface area contributed by atoms with Gasteiger partial charge in [0.25, 0.3) is 5.91 Å². The van der Waals surface area contributed by atoms with Crippen LogP contribution in [0.5, 0.6) is 0 Å². The van der Waals surface area contributed by atoms with Crippen LogP contribution in [0.1, 0.15) is 31.1 Å². The number of anilines is 1. The van der Waals surface area contributed by atoms with Gasteiger partial charge in [0.05, 0.1) is 17.7 Å². The molecular weight excluding hydrogens is 230 g/mol. The number of nitrogens with zero attached hydrogens (tertiary/aromatic N) is 1. The summed E-state index contributed by atoms with van der Waals surface area (Å²) in [7, 11) is 1.61. The first kappa shape index (κ1) is 14.4. The number of hydrogen-bond acceptors (Lipinski definition) is 4. The maximum atomic E-state index is 12.2. The van der Waals surface area contributed by atoms with Crippen molar-refractivity contribution in [2.75, 3.05) is 25.6 Å². The Hall–Kier alpha value is -1.62. The largest absolute Gasteiger partial charge is 0.382 e. The number of ether oxygens (including phenoxy) is 1. The van der Waals surface area contributed by atoms with Crippen molar-refractivity contribution < 1.29 is 9.53 Å². The third-order valence-electron chi connectivity index (χ3n) is 2.35. The molecule has 1 heterocycles. The van der Waals surface area contributed by atoms with Crippen molar-refractivity contribution in [3.8, 4) is 0 Å². The number of carbonyl (C=O) groups excluding carboxylic acids is 1. The molecule has 0 aromatic carbocycles. The van der Waals surface area contributed by atoms with Gasteiger partial charge < -0.3 is 15.4 Å². The Morgan fingerprint density at radius 1 is 1.50 bits per heavy atom. The van der Waals surface area contributed by atoms with E-state index in [4.69, 9.17) is 4.74 Å². The quantitative estimate of drug-likeness (QED) is 0.807. The van der Waals surface area contributed by atoms with Crippen molar-refractivity contribution in [2.24, 2.45) is 0 Å². The van der Waals surface area contributed by atoms with Gasteiger partial charge in [-0.25, -0.2) is 4.98 Å². The van der Waals surface area contributed by atoms with Crippen molar-refractivity contribution in [2.45, 2.75) is 26.3 Å². The number of hydrogen-bond donors (Lipinski definition) is 2. The zero-order chi connectivity index (χ0) is 13.6. The molecule has 5 heteroatoms. The molecule has 1 aromatic heterocycles. The molecule has 0 atom stereocenters. The van der Waals surface area contributed by atoms with E-state index < -0.39 is 5.54 Å². The molecule has 1 amide bonds. The zero-order valence-corrected chi connectivity index (χ0v) is 11.4. The van der Waals surface area contributed by atoms with Crippen LogP contribution in [0.2, 0.25) is 0 Å². The number of pyridine rings is 1. The van der Waals surface area contributed by atoms with E-state index >= 15 is 0 Å². The monoisotopic (exact) mass is 251 g/mol. The van der Waals surface area contributed by atoms with E-state index in [1.165, 1.54) is 0 Å². The van der Waals surface area contributed by atoms with Crippen LogP contribution in [0.25, 0.3) is 0 Å². The fourth-order valence-corrected chi connectivity index (χ4v) is 1.67. The van der Waals surface area contributed by atoms with Gasteiger partial charge in [-0.15, -0.1) is 0 Å². The van der Waals surface area contributed by atoms with Crippen LogP contribution in [0.15, 0.2) is 18.3 Å². The van der Waals surface area contributed by atoms with E-state index in [0.717, 1.165) is 6.54 Å². The van der Waals surface area contributed by atoms with Crippen LogP contribution in [-0.2, 0) is 4.74 Å². The molecule has 0 saturated carbocycles. The fraction of sp³-hybridized carbons (Fsp3) is 0.538. The van der Waals surface area contributed by atoms with E-state index in [1.807, 2.05) is 20.8 Å². The summed E-state index contributed by atoms with van der Waals surface area (Å²) in [6, 6.07) is 3.50. The second-order valence-corrected chi connectivity index (χ2v) is 4.70. The van der Waals surface area contributed by atoms with Gasteiger partial charge in [0.1, 0.15) is 5.82 Å². The van der Waals surface area contributed by atoms with Crippen LogP contribution < -0.4 is 10.6 Å². The minimum Gasteiger partial charge on any atom is -0.382 e. The van der Waals surface area contributed by atoms with Crippen molar-refractivity contribution in [1.29, 1.82) is 0 Å². The molecule has 0 saturated heterocycles. The minimum absolute atomic E-state index is 0.152. The van der Waals surface area contributed by atoms with E-state index in [2.05, 4.69) is 15.6 Å². The topological polar surface area (TPSA) is 63.2 Å². The summed E-state index contributed by atoms with van der Waals surface area (Å²) < 4.78 is 5.08. The van der Waals surface area contributed by atoms with Gasteiger partial charge >= 0.3 is 0 Å². The standard InChI is InChI=1S/C13H21N3O2/c1-5-14-11-10(7-6-8-15-11)12(17)16-13(2,3)9-18-4/h6-8H,5,9H2,1-4H3,(H,14,15)(H,16,17). The van der Waals surface area contributed by atoms with Gasteiger partial charge in [-0.3, -0.25) is 4.79 Å². The van der Waals surface area contributed by atoms with Crippen molar-refractivity contribution in [3.63, 3.8) is 0 Å². The molecule has 0 aliphatic carbocycles. The van der Waals surface area contributed by atoms with Gasteiger partial charge in [0.15, 0.2) is 0 Å². The van der Waals surface area contributed by atoms with E-state index in [-0.39, 0.29) is 5.91 Å². The summed E-state index contributed by atoms with van der Waals surface area (Å²) in [5.74, 6) is 0.451. The van der Waals surface area contributed by atoms with Crippen LogP contribution in [0.4, 0.5) is 5.82 Å². The van der Waals surface area contributed by atoms with Gasteiger partial charge in [-0.1, -0.05) is 0 Å². The Labute approximate surface area is 108 Å². The first-order chi connectivity index (χ1) is 8.50. The number of carbonyl (C=O) groups is 1. The van der Waals surface area contributed by atoms with Crippen LogP contribution in [0, 0.1) is 0 Å². The van der Waals surface area contributed by atoms with Gasteiger partial charge in [0.2, 0.25) is 0 Å². The summed E-state index contributed by atoms with van der Waals surface area (Å²) in [4.78, 5) is 16.3. The van der Waals surface area contributed by atoms with Crippen LogP contribution in [-0.4, -0.2) is 36.7 Å². The van der Waals surface area contributed by atoms with E-state index in [1.54, 1.807) is 25.4 Å². The number of rotatable bonds is 6. The lowest BCUT2D eigenvalue weighted by Gasteiger charge is -2.25. The third-order valence-corrected chi connectivity index (χ3v) is 2.35. The lowest BCUT2D eigenvalue weighted by atomic mass is 10.1. The highest BCUT2D eigenvalue weighted by Crippen LogP contribution is 2.13. The first-order valence-electron chi connectivity index (χ1n) is 6.00. The molecule has 5 nitrogen and oxygen atoms in total. The predicted octanol–water partition coefficient (Wildman–Crippen LogP) is 1.67. The van der Waals surface area contributed by atoms with Crippen LogP contribution in [0.3, 0.4) is 0 Å². The second kappa shape index (κ2) is 6.35. The van der Waals surface area contributed by atoms with E-state index in [0.29, 0.717) is 18.0 Å². The average Bonchev–Trinajstić information content (AvgIpc) is 2.29. The molecule has 0 unspecified atom stereocenters. The molecule has 2 N–H and O–H groups in total. The maximum Gasteiger partial charge on any atom is 0.255 e. The number of methoxy groups -OCH3 is 1. The normalized spacial score (nSPS) is 11.1. The van der Waals surface area contributed by atoms with Crippen molar-refractivity contribution in [3.05, 3.63) is 23.9 Å². The molecule has 18 heavy (non-hydrogen) atoms. The third kappa shape index (κ3) is 4.00. The Bertz CT molecular complexity index is 405. The summed E-state index contributed by atoms with van der Waals surface area (Å²) in [6.45, 7) is 6.97. The summed E-state index contributed by atoms with van der Waals surface area (Å²) in [5, 5.41) is 6.00. The molecule has 0 radical (unpaired) electrons. The lowest BCUT2D eigenvalue weighted by Crippen LogP contribution is -2.47. The van der Waals surface area contributed by atoms with Gasteiger partial charge in [-0.05, 0) is 32.9 Å². The second-order valence-electron chi connectivity index (χ2n) is 4.70. The molecule has 1 aromatic rings. The molecule has 0 spiro atoms. The SMILES string of the molecule is CCNc1ncccc1C(=O)NC(C)(C)COC. The summed E-state index contributed by atoms with van der Waals surface area (Å²) >= 11 is 0. The highest BCUT2D eigenvalue weighted by Gasteiger charge is 2.22. The van der Waals surface area contributed by atoms with Gasteiger partial charge in [-0.2, -0.15) is 0 Å². The Morgan fingerprint density at radius 2 is 2.22 bits per heavy atom. The zero-order valence-electron chi connectivity index (χ0n) is 11.4. The smallest absolute Gasteiger partial charge is 0.255 e. The minimum atomic E-state index is -0.412. The molecule has 0 fully saturated rings. The molecular formula is C13H21N3O2. The highest BCUT2D eigenvalue weighted by atomic mass is 16.5. The fourth-order valence-electron chi connectivity index (χ4n) is 1.67. The van der Waals surface area contributed by atoms with Crippen molar-refractivity contribution >= 4 is 11.7 Å². The molecule has 1 rings (SSSR count). The maximum absolute atomic E-state index is 12.2. The predicted molar refractivity (Wildman–Crippen MR) is 71.8 cm³/mol. The number of nitrogens with one attached hydrogen (secondary N) is 2. The van der Waals surface area contributed by atoms with Crippen molar-refractivity contribution in [1.82, 2.24) is 10.3 Å².